The van der Waals surface area contributed by atoms with Gasteiger partial charge in [-0.3, -0.25) is 76.7 Å². The van der Waals surface area contributed by atoms with E-state index in [4.69, 9.17) is 5.73 Å². The first-order valence-electron chi connectivity index (χ1n) is 41.2. The highest BCUT2D eigenvalue weighted by Crippen LogP contribution is 2.24. The SMILES string of the molecule is CCCC[C@H]1C(=O)N(C)CC(=O)N[C@@H](CC(=O)O)C(=O)NC(C(C)C)C(=O)N(C)[C@@H](Cc2ccccc2)C(=O)N[C@@H](Cc2ccc(O)cc2)C(=O)N(C)CC(=O)N[C@@H](Cc2ccc(-c3ccccc3)cc2)C(=O)N[C@@H](Cc2ccc(O)cc2)C(=O)N[C@@H](CC(C)C)C(=O)N[C@H](C(=O)NCC(N)=O)CSCC(=O)NCC(=O)N(C)[C@@H](Cc2ccccc2)C(=O)N1C. The van der Waals surface area contributed by atoms with E-state index in [0.717, 1.165) is 47.4 Å². The molecule has 670 valence electrons. The molecular weight excluding hydrogens is 1630 g/mol. The van der Waals surface area contributed by atoms with Crippen molar-refractivity contribution >= 4 is 106 Å². The van der Waals surface area contributed by atoms with E-state index < -0.39 is 199 Å². The van der Waals surface area contributed by atoms with Gasteiger partial charge in [0.25, 0.3) is 0 Å². The van der Waals surface area contributed by atoms with E-state index in [1.807, 2.05) is 37.3 Å². The molecular formula is C90H115N15O19S. The first-order chi connectivity index (χ1) is 59.4. The molecule has 1 saturated heterocycles. The number of nitrogens with zero attached hydrogens (tertiary/aromatic N) is 5. The van der Waals surface area contributed by atoms with Gasteiger partial charge in [-0.1, -0.05) is 187 Å². The van der Waals surface area contributed by atoms with Crippen LogP contribution < -0.4 is 53.6 Å². The Bertz CT molecular complexity index is 4720. The largest absolute Gasteiger partial charge is 0.508 e. The summed E-state index contributed by atoms with van der Waals surface area (Å²) < 4.78 is 0. The Labute approximate surface area is 731 Å². The van der Waals surface area contributed by atoms with Gasteiger partial charge in [-0.15, -0.1) is 11.8 Å². The van der Waals surface area contributed by atoms with Gasteiger partial charge in [-0.05, 0) is 87.9 Å². The maximum Gasteiger partial charge on any atom is 0.305 e. The number of rotatable bonds is 22. The van der Waals surface area contributed by atoms with Crippen molar-refractivity contribution in [3.05, 3.63) is 192 Å². The fourth-order valence-electron chi connectivity index (χ4n) is 14.0. The first-order valence-corrected chi connectivity index (χ1v) is 42.4. The van der Waals surface area contributed by atoms with Gasteiger partial charge in [-0.2, -0.15) is 0 Å². The summed E-state index contributed by atoms with van der Waals surface area (Å²) in [6.07, 6.45) is -1.29. The molecule has 0 saturated carbocycles. The molecule has 1 heterocycles. The fourth-order valence-corrected chi connectivity index (χ4v) is 14.8. The molecule has 0 aliphatic carbocycles. The van der Waals surface area contributed by atoms with Crippen molar-refractivity contribution in [3.63, 3.8) is 0 Å². The van der Waals surface area contributed by atoms with E-state index >= 15 is 28.8 Å². The van der Waals surface area contributed by atoms with E-state index in [9.17, 15) is 63.3 Å². The van der Waals surface area contributed by atoms with Crippen molar-refractivity contribution in [2.75, 3.05) is 72.9 Å². The Balaban J connectivity index is 1.31. The van der Waals surface area contributed by atoms with Crippen LogP contribution in [0.2, 0.25) is 0 Å². The van der Waals surface area contributed by atoms with Crippen molar-refractivity contribution in [3.8, 4) is 22.6 Å². The van der Waals surface area contributed by atoms with Crippen LogP contribution in [0, 0.1) is 11.8 Å². The number of amides is 15. The van der Waals surface area contributed by atoms with Crippen LogP contribution in [0.15, 0.2) is 164 Å². The van der Waals surface area contributed by atoms with Crippen LogP contribution in [0.5, 0.6) is 11.5 Å². The van der Waals surface area contributed by atoms with Crippen LogP contribution in [0.4, 0.5) is 0 Å². The molecule has 1 aliphatic rings. The molecule has 1 aliphatic heterocycles. The second kappa shape index (κ2) is 48.6. The number of aromatic hydroxyl groups is 2. The molecule has 6 aromatic carbocycles. The Morgan fingerprint density at radius 2 is 0.904 bits per heavy atom. The quantitative estimate of drug-likeness (QED) is 0.0461. The second-order valence-corrected chi connectivity index (χ2v) is 32.8. The maximum absolute atomic E-state index is 15.4. The van der Waals surface area contributed by atoms with Gasteiger partial charge >= 0.3 is 5.97 Å². The number of phenols is 2. The molecule has 1 fully saturated rings. The number of unbranched alkanes of at least 4 members (excludes halogenated alkanes) is 1. The van der Waals surface area contributed by atoms with Gasteiger partial charge < -0.3 is 93.4 Å². The van der Waals surface area contributed by atoms with Crippen molar-refractivity contribution in [1.82, 2.24) is 72.4 Å². The highest BCUT2D eigenvalue weighted by atomic mass is 32.2. The maximum atomic E-state index is 15.4. The van der Waals surface area contributed by atoms with E-state index in [1.54, 1.807) is 113 Å². The minimum Gasteiger partial charge on any atom is -0.508 e. The zero-order valence-electron chi connectivity index (χ0n) is 71.9. The lowest BCUT2D eigenvalue weighted by Crippen LogP contribution is -2.61. The summed E-state index contributed by atoms with van der Waals surface area (Å²) in [6, 6.07) is 29.5. The number of hydrogen-bond donors (Lipinski definition) is 13. The molecule has 35 heteroatoms. The molecule has 1 unspecified atom stereocenters. The Hall–Kier alpha value is -13.2. The third kappa shape index (κ3) is 31.3. The normalized spacial score (nSPS) is 21.6. The number of primary amides is 1. The van der Waals surface area contributed by atoms with Crippen molar-refractivity contribution in [1.29, 1.82) is 0 Å². The lowest BCUT2D eigenvalue weighted by Gasteiger charge is -2.36. The van der Waals surface area contributed by atoms with Gasteiger partial charge in [0.05, 0.1) is 38.4 Å². The van der Waals surface area contributed by atoms with Gasteiger partial charge in [0.15, 0.2) is 0 Å². The third-order valence-electron chi connectivity index (χ3n) is 21.0. The molecule has 34 nitrogen and oxygen atoms in total. The monoisotopic (exact) mass is 1740 g/mol. The number of carboxylic acids is 1. The van der Waals surface area contributed by atoms with Crippen LogP contribution in [-0.2, 0) is 109 Å². The van der Waals surface area contributed by atoms with Crippen molar-refractivity contribution in [2.24, 2.45) is 17.6 Å². The minimum atomic E-state index is -1.89. The summed E-state index contributed by atoms with van der Waals surface area (Å²) >= 11 is 0.821. The predicted molar refractivity (Wildman–Crippen MR) is 467 cm³/mol. The second-order valence-electron chi connectivity index (χ2n) is 31.8. The predicted octanol–water partition coefficient (Wildman–Crippen LogP) is 1.90. The number of nitrogens with one attached hydrogen (secondary N) is 9. The number of benzene rings is 6. The van der Waals surface area contributed by atoms with Crippen molar-refractivity contribution < 1.29 is 92.0 Å². The third-order valence-corrected chi connectivity index (χ3v) is 22.1. The molecule has 0 aromatic heterocycles. The minimum absolute atomic E-state index is 0.0464. The van der Waals surface area contributed by atoms with Crippen LogP contribution in [-0.4, -0.2) is 268 Å². The van der Waals surface area contributed by atoms with E-state index in [1.165, 1.54) is 83.8 Å². The Morgan fingerprint density at radius 1 is 0.464 bits per heavy atom. The highest BCUT2D eigenvalue weighted by molar-refractivity contribution is 8.00. The zero-order valence-corrected chi connectivity index (χ0v) is 72.7. The topological polar surface area (TPSA) is 484 Å². The number of likely N-dealkylation sites (N-methyl/N-ethyl adjacent to an activating group) is 5. The van der Waals surface area contributed by atoms with Gasteiger partial charge in [-0.25, -0.2) is 0 Å². The van der Waals surface area contributed by atoms with Crippen LogP contribution in [0.1, 0.15) is 94.5 Å². The number of carboxylic acid groups (broad SMARTS) is 1. The number of hydrogen-bond acceptors (Lipinski definition) is 19. The highest BCUT2D eigenvalue weighted by Gasteiger charge is 2.41. The Kier molecular flexibility index (Phi) is 38.4. The van der Waals surface area contributed by atoms with Crippen LogP contribution in [0.25, 0.3) is 11.1 Å². The number of thioether (sulfide) groups is 1. The summed E-state index contributed by atoms with van der Waals surface area (Å²) in [5, 5.41) is 54.4. The number of carbonyl (C=O) groups is 16. The number of carbonyl (C=O) groups excluding carboxylic acids is 15. The first kappa shape index (κ1) is 98.9. The van der Waals surface area contributed by atoms with E-state index in [2.05, 4.69) is 47.9 Å². The summed E-state index contributed by atoms with van der Waals surface area (Å²) in [5.41, 5.74) is 9.49. The van der Waals surface area contributed by atoms with Gasteiger partial charge in [0.1, 0.15) is 71.9 Å². The molecule has 0 bridgehead atoms. The summed E-state index contributed by atoms with van der Waals surface area (Å²) in [4.78, 5) is 236. The van der Waals surface area contributed by atoms with E-state index in [-0.39, 0.29) is 68.1 Å². The summed E-state index contributed by atoms with van der Waals surface area (Å²) in [7, 11) is 6.47. The van der Waals surface area contributed by atoms with Crippen LogP contribution >= 0.6 is 11.8 Å². The summed E-state index contributed by atoms with van der Waals surface area (Å²) in [5.74, 6) is -17.3. The van der Waals surface area contributed by atoms with Gasteiger partial charge in [0.2, 0.25) is 88.6 Å². The van der Waals surface area contributed by atoms with Crippen LogP contribution in [0.3, 0.4) is 0 Å². The smallest absolute Gasteiger partial charge is 0.305 e. The lowest BCUT2D eigenvalue weighted by molar-refractivity contribution is -0.150. The number of aliphatic carboxylic acids is 1. The molecule has 6 aromatic rings. The molecule has 10 atom stereocenters. The molecule has 125 heavy (non-hydrogen) atoms. The fraction of sp³-hybridized carbons (Fsp3) is 0.422. The lowest BCUT2D eigenvalue weighted by atomic mass is 9.98. The summed E-state index contributed by atoms with van der Waals surface area (Å²) in [6.45, 7) is 5.50. The molecule has 14 N–H and O–H groups in total. The standard InChI is InChI=1S/C90H115N15O19S/c1-11-12-28-71-88(122)102(7)51-76(110)95-68(47-79(113)114)85(119)100-80(55(4)5)90(124)105(10)72(45-56-22-16-13-17-23-56)86(120)98-69(44-60-33-39-64(107)40-34-60)87(121)101(6)50-75(109)94-66(42-58-29-35-62(36-30-58)61-26-20-15-21-27-61)83(117)97-67(43-59-31-37-63(106)38-32-59)84(118)96-65(41-54(2)3)82(116)99-70(81(115)93-48-74(91)108)52-125-53-77(111)92-49-78(112)103(8)73(89(123)104(71)9)46-57-24-18-14-19-25-57/h13-27,29-40,54-55,65-73,80,106-107H,11-12,28,41-53H2,1-10H3,(H2,91,108)(H,92,111)(H,93,115)(H,94,109)(H,95,110)(H,96,118)(H,97,117)(H,98,120)(H,99,116)(H,100,119)(H,113,114)/t65-,66-,67-,68-,69-,70-,71-,72-,73-,80?/m0/s1. The Morgan fingerprint density at radius 3 is 1.42 bits per heavy atom. The average Bonchev–Trinajstić information content (AvgIpc) is 0.856. The van der Waals surface area contributed by atoms with Gasteiger partial charge in [0, 0.05) is 73.1 Å². The molecule has 15 amide bonds. The zero-order chi connectivity index (χ0) is 91.7. The molecule has 0 spiro atoms. The average molecular weight is 1740 g/mol. The number of phenolic OH excluding ortho intramolecular Hbond substituents is 2. The molecule has 7 rings (SSSR count). The number of nitrogens with two attached hydrogens (primary N) is 1. The van der Waals surface area contributed by atoms with E-state index in [0.29, 0.717) is 40.7 Å². The molecule has 0 radical (unpaired) electrons. The van der Waals surface area contributed by atoms with Crippen molar-refractivity contribution in [2.45, 2.75) is 159 Å².